The van der Waals surface area contributed by atoms with Crippen molar-refractivity contribution in [2.45, 2.75) is 6.54 Å². The zero-order chi connectivity index (χ0) is 16.8. The van der Waals surface area contributed by atoms with Crippen LogP contribution in [0.1, 0.15) is 15.4 Å². The summed E-state index contributed by atoms with van der Waals surface area (Å²) in [5, 5.41) is 4.63. The third kappa shape index (κ3) is 3.91. The number of nitrogens with one attached hydrogen (secondary N) is 1. The van der Waals surface area contributed by atoms with Crippen molar-refractivity contribution in [2.24, 2.45) is 0 Å². The molecule has 0 atom stereocenters. The van der Waals surface area contributed by atoms with E-state index in [9.17, 15) is 9.59 Å². The molecule has 0 spiro atoms. The molecule has 1 N–H and O–H groups in total. The van der Waals surface area contributed by atoms with Crippen molar-refractivity contribution in [1.29, 1.82) is 0 Å². The highest BCUT2D eigenvalue weighted by atomic mass is 32.1. The Balaban J connectivity index is 1.56. The van der Waals surface area contributed by atoms with Crippen molar-refractivity contribution in [2.75, 3.05) is 6.61 Å². The van der Waals surface area contributed by atoms with Crippen molar-refractivity contribution in [3.8, 4) is 11.1 Å². The summed E-state index contributed by atoms with van der Waals surface area (Å²) in [6.07, 6.45) is 1.43. The molecule has 0 aliphatic carbocycles. The number of benzene rings is 1. The van der Waals surface area contributed by atoms with Gasteiger partial charge in [-0.25, -0.2) is 4.79 Å². The van der Waals surface area contributed by atoms with Crippen LogP contribution in [-0.4, -0.2) is 18.5 Å². The lowest BCUT2D eigenvalue weighted by Crippen LogP contribution is -2.28. The highest BCUT2D eigenvalue weighted by molar-refractivity contribution is 7.09. The van der Waals surface area contributed by atoms with Gasteiger partial charge in [0.2, 0.25) is 5.76 Å². The number of hydrogen-bond donors (Lipinski definition) is 1. The smallest absolute Gasteiger partial charge is 0.375 e. The maximum absolute atomic E-state index is 12.1. The molecule has 5 nitrogen and oxygen atoms in total. The maximum atomic E-state index is 12.1. The van der Waals surface area contributed by atoms with Crippen molar-refractivity contribution < 1.29 is 18.7 Å². The van der Waals surface area contributed by atoms with Crippen molar-refractivity contribution in [1.82, 2.24) is 5.32 Å². The topological polar surface area (TPSA) is 68.5 Å². The Bertz CT molecular complexity index is 809. The molecule has 0 radical (unpaired) electrons. The van der Waals surface area contributed by atoms with Crippen molar-refractivity contribution >= 4 is 23.2 Å². The van der Waals surface area contributed by atoms with Crippen LogP contribution in [0.2, 0.25) is 0 Å². The standard InChI is InChI=1S/C18H15NO4S/c20-16(19-11-14-7-4-10-24-14)12-23-18(21)17-15(8-9-22-17)13-5-2-1-3-6-13/h1-10H,11-12H2,(H,19,20). The average Bonchev–Trinajstić information content (AvgIpc) is 3.30. The number of esters is 1. The number of hydrogen-bond acceptors (Lipinski definition) is 5. The predicted molar refractivity (Wildman–Crippen MR) is 90.6 cm³/mol. The van der Waals surface area contributed by atoms with E-state index in [1.807, 2.05) is 47.8 Å². The molecule has 0 fully saturated rings. The molecule has 24 heavy (non-hydrogen) atoms. The minimum atomic E-state index is -0.662. The van der Waals surface area contributed by atoms with Gasteiger partial charge in [-0.2, -0.15) is 0 Å². The van der Waals surface area contributed by atoms with Crippen LogP contribution < -0.4 is 5.32 Å². The zero-order valence-corrected chi connectivity index (χ0v) is 13.5. The molecule has 3 aromatic rings. The van der Waals surface area contributed by atoms with Gasteiger partial charge in [-0.3, -0.25) is 4.79 Å². The summed E-state index contributed by atoms with van der Waals surface area (Å²) in [5.74, 6) is -0.929. The highest BCUT2D eigenvalue weighted by Crippen LogP contribution is 2.25. The second kappa shape index (κ2) is 7.61. The molecule has 0 bridgehead atoms. The molecule has 3 rings (SSSR count). The van der Waals surface area contributed by atoms with Gasteiger partial charge in [-0.1, -0.05) is 36.4 Å². The van der Waals surface area contributed by atoms with E-state index in [1.54, 1.807) is 17.4 Å². The highest BCUT2D eigenvalue weighted by Gasteiger charge is 2.19. The number of amides is 1. The SMILES string of the molecule is O=C(COC(=O)c1occc1-c1ccccc1)NCc1cccs1. The quantitative estimate of drug-likeness (QED) is 0.697. The third-order valence-corrected chi connectivity index (χ3v) is 4.19. The van der Waals surface area contributed by atoms with Crippen LogP contribution in [0, 0.1) is 0 Å². The first-order chi connectivity index (χ1) is 11.7. The molecule has 0 saturated heterocycles. The van der Waals surface area contributed by atoms with Gasteiger partial charge < -0.3 is 14.5 Å². The Morgan fingerprint density at radius 3 is 2.67 bits per heavy atom. The van der Waals surface area contributed by atoms with Gasteiger partial charge in [0.15, 0.2) is 6.61 Å². The lowest BCUT2D eigenvalue weighted by atomic mass is 10.1. The maximum Gasteiger partial charge on any atom is 0.375 e. The van der Waals surface area contributed by atoms with E-state index in [0.29, 0.717) is 12.1 Å². The number of ether oxygens (including phenoxy) is 1. The molecular formula is C18H15NO4S. The molecule has 2 heterocycles. The second-order valence-corrected chi connectivity index (χ2v) is 5.99. The summed E-state index contributed by atoms with van der Waals surface area (Å²) >= 11 is 1.55. The van der Waals surface area contributed by atoms with Crippen LogP contribution in [0.4, 0.5) is 0 Å². The minimum absolute atomic E-state index is 0.0901. The Hall–Kier alpha value is -2.86. The van der Waals surface area contributed by atoms with E-state index < -0.39 is 5.97 Å². The van der Waals surface area contributed by atoms with Crippen LogP contribution in [0.3, 0.4) is 0 Å². The van der Waals surface area contributed by atoms with Gasteiger partial charge in [-0.05, 0) is 23.1 Å². The number of carbonyl (C=O) groups excluding carboxylic acids is 2. The number of rotatable bonds is 6. The first kappa shape index (κ1) is 16.0. The van der Waals surface area contributed by atoms with Crippen molar-refractivity contribution in [3.63, 3.8) is 0 Å². The van der Waals surface area contributed by atoms with E-state index in [0.717, 1.165) is 10.4 Å². The van der Waals surface area contributed by atoms with Crippen LogP contribution in [0.15, 0.2) is 64.6 Å². The van der Waals surface area contributed by atoms with Crippen molar-refractivity contribution in [3.05, 3.63) is 70.8 Å². The molecule has 1 aromatic carbocycles. The van der Waals surface area contributed by atoms with Gasteiger partial charge in [0.05, 0.1) is 12.8 Å². The van der Waals surface area contributed by atoms with E-state index in [-0.39, 0.29) is 18.3 Å². The van der Waals surface area contributed by atoms with Gasteiger partial charge in [0.25, 0.3) is 5.91 Å². The summed E-state index contributed by atoms with van der Waals surface area (Å²) in [4.78, 5) is 24.9. The Kier molecular flexibility index (Phi) is 5.08. The molecule has 1 amide bonds. The van der Waals surface area contributed by atoms with Crippen LogP contribution in [0.25, 0.3) is 11.1 Å². The molecular weight excluding hydrogens is 326 g/mol. The molecule has 122 valence electrons. The fourth-order valence-electron chi connectivity index (χ4n) is 2.16. The first-order valence-electron chi connectivity index (χ1n) is 7.33. The van der Waals surface area contributed by atoms with Crippen LogP contribution in [0.5, 0.6) is 0 Å². The van der Waals surface area contributed by atoms with E-state index >= 15 is 0 Å². The van der Waals surface area contributed by atoms with E-state index in [4.69, 9.17) is 9.15 Å². The number of thiophene rings is 1. The molecule has 0 aliphatic heterocycles. The summed E-state index contributed by atoms with van der Waals surface area (Å²) in [6, 6.07) is 14.9. The largest absolute Gasteiger partial charge is 0.457 e. The van der Waals surface area contributed by atoms with Crippen LogP contribution in [-0.2, 0) is 16.1 Å². The second-order valence-electron chi connectivity index (χ2n) is 4.96. The monoisotopic (exact) mass is 341 g/mol. The number of carbonyl (C=O) groups is 2. The van der Waals surface area contributed by atoms with E-state index in [1.165, 1.54) is 6.26 Å². The summed E-state index contributed by atoms with van der Waals surface area (Å²) in [6.45, 7) is 0.0726. The molecule has 0 unspecified atom stereocenters. The Morgan fingerprint density at radius 1 is 1.08 bits per heavy atom. The average molecular weight is 341 g/mol. The molecule has 0 saturated carbocycles. The normalized spacial score (nSPS) is 10.3. The van der Waals surface area contributed by atoms with Gasteiger partial charge in [0, 0.05) is 10.4 Å². The summed E-state index contributed by atoms with van der Waals surface area (Å²) in [7, 11) is 0. The Morgan fingerprint density at radius 2 is 1.92 bits per heavy atom. The van der Waals surface area contributed by atoms with Crippen LogP contribution >= 0.6 is 11.3 Å². The summed E-state index contributed by atoms with van der Waals surface area (Å²) < 4.78 is 10.3. The van der Waals surface area contributed by atoms with Gasteiger partial charge in [0.1, 0.15) is 0 Å². The number of furan rings is 1. The molecule has 6 heteroatoms. The van der Waals surface area contributed by atoms with E-state index in [2.05, 4.69) is 5.32 Å². The lowest BCUT2D eigenvalue weighted by Gasteiger charge is -2.06. The first-order valence-corrected chi connectivity index (χ1v) is 8.21. The Labute approximate surface area is 142 Å². The van der Waals surface area contributed by atoms with Gasteiger partial charge >= 0.3 is 5.97 Å². The summed E-state index contributed by atoms with van der Waals surface area (Å²) in [5.41, 5.74) is 1.49. The fraction of sp³-hybridized carbons (Fsp3) is 0.111. The lowest BCUT2D eigenvalue weighted by molar-refractivity contribution is -0.124. The van der Waals surface area contributed by atoms with Gasteiger partial charge in [-0.15, -0.1) is 11.3 Å². The third-order valence-electron chi connectivity index (χ3n) is 3.31. The predicted octanol–water partition coefficient (Wildman–Crippen LogP) is 3.48. The minimum Gasteiger partial charge on any atom is -0.457 e. The fourth-order valence-corrected chi connectivity index (χ4v) is 2.80. The molecule has 2 aromatic heterocycles. The zero-order valence-electron chi connectivity index (χ0n) is 12.7. The molecule has 0 aliphatic rings.